The first kappa shape index (κ1) is 10.9. The van der Waals surface area contributed by atoms with Crippen LogP contribution in [0.25, 0.3) is 0 Å². The van der Waals surface area contributed by atoms with Gasteiger partial charge in [-0.3, -0.25) is 0 Å². The van der Waals surface area contributed by atoms with E-state index in [4.69, 9.17) is 5.73 Å². The summed E-state index contributed by atoms with van der Waals surface area (Å²) < 4.78 is 1.09. The lowest BCUT2D eigenvalue weighted by molar-refractivity contribution is 1.11. The van der Waals surface area contributed by atoms with Crippen LogP contribution in [0.5, 0.6) is 0 Å². The Bertz CT molecular complexity index is 310. The second-order valence-corrected chi connectivity index (χ2v) is 5.78. The number of rotatable bonds is 2. The van der Waals surface area contributed by atoms with Crippen molar-refractivity contribution in [3.8, 4) is 0 Å². The molecule has 3 heteroatoms. The van der Waals surface area contributed by atoms with Gasteiger partial charge in [0.25, 0.3) is 0 Å². The molecule has 0 saturated carbocycles. The number of anilines is 1. The predicted molar refractivity (Wildman–Crippen MR) is 64.3 cm³/mol. The lowest BCUT2D eigenvalue weighted by Gasteiger charge is -2.09. The Morgan fingerprint density at radius 2 is 2.00 bits per heavy atom. The number of nitrogens with two attached hydrogens (primary N) is 1. The van der Waals surface area contributed by atoms with Gasteiger partial charge < -0.3 is 5.73 Å². The van der Waals surface area contributed by atoms with E-state index >= 15 is 0 Å². The smallest absolute Gasteiger partial charge is 0.0355 e. The first-order valence-corrected chi connectivity index (χ1v) is 5.90. The molecule has 2 N–H and O–H groups in total. The van der Waals surface area contributed by atoms with E-state index in [-0.39, 0.29) is 0 Å². The highest BCUT2D eigenvalue weighted by Gasteiger charge is 2.05. The Kier molecular flexibility index (Phi) is 3.68. The maximum absolute atomic E-state index is 5.78. The molecule has 0 heterocycles. The van der Waals surface area contributed by atoms with Gasteiger partial charge in [0.2, 0.25) is 0 Å². The summed E-state index contributed by atoms with van der Waals surface area (Å²) in [6.45, 7) is 6.40. The number of halogens is 1. The quantitative estimate of drug-likeness (QED) is 0.645. The lowest BCUT2D eigenvalue weighted by Crippen LogP contribution is -1.92. The molecule has 0 aliphatic carbocycles. The number of thioether (sulfide) groups is 1. The van der Waals surface area contributed by atoms with E-state index in [9.17, 15) is 0 Å². The number of benzene rings is 1. The van der Waals surface area contributed by atoms with Gasteiger partial charge in [-0.15, -0.1) is 11.8 Å². The molecule has 0 bridgehead atoms. The molecule has 72 valence electrons. The van der Waals surface area contributed by atoms with Gasteiger partial charge in [-0.1, -0.05) is 13.8 Å². The lowest BCUT2D eigenvalue weighted by atomic mass is 10.2. The number of hydrogen-bond acceptors (Lipinski definition) is 2. The van der Waals surface area contributed by atoms with Crippen LogP contribution in [0.15, 0.2) is 21.5 Å². The third-order valence-electron chi connectivity index (χ3n) is 1.68. The molecular weight excluding hydrogens is 246 g/mol. The molecule has 0 atom stereocenters. The molecule has 13 heavy (non-hydrogen) atoms. The zero-order valence-electron chi connectivity index (χ0n) is 8.10. The molecule has 1 aromatic carbocycles. The highest BCUT2D eigenvalue weighted by atomic mass is 79.9. The van der Waals surface area contributed by atoms with Gasteiger partial charge in [-0.25, -0.2) is 0 Å². The van der Waals surface area contributed by atoms with Crippen LogP contribution in [0.3, 0.4) is 0 Å². The Morgan fingerprint density at radius 1 is 1.38 bits per heavy atom. The van der Waals surface area contributed by atoms with Gasteiger partial charge in [-0.2, -0.15) is 0 Å². The monoisotopic (exact) mass is 259 g/mol. The highest BCUT2D eigenvalue weighted by molar-refractivity contribution is 9.10. The summed E-state index contributed by atoms with van der Waals surface area (Å²) in [6, 6.07) is 4.10. The third-order valence-corrected chi connectivity index (χ3v) is 3.66. The van der Waals surface area contributed by atoms with Crippen LogP contribution in [-0.4, -0.2) is 5.25 Å². The second kappa shape index (κ2) is 4.38. The maximum Gasteiger partial charge on any atom is 0.0355 e. The molecule has 1 nitrogen and oxygen atoms in total. The zero-order valence-corrected chi connectivity index (χ0v) is 10.5. The maximum atomic E-state index is 5.78. The summed E-state index contributed by atoms with van der Waals surface area (Å²) in [5.74, 6) is 0. The number of aryl methyl sites for hydroxylation is 1. The zero-order chi connectivity index (χ0) is 10.0. The van der Waals surface area contributed by atoms with Crippen molar-refractivity contribution in [1.29, 1.82) is 0 Å². The summed E-state index contributed by atoms with van der Waals surface area (Å²) in [5, 5.41) is 0.597. The Morgan fingerprint density at radius 3 is 2.54 bits per heavy atom. The molecule has 0 aliphatic heterocycles. The van der Waals surface area contributed by atoms with Crippen molar-refractivity contribution in [2.45, 2.75) is 30.9 Å². The van der Waals surface area contributed by atoms with Crippen molar-refractivity contribution in [2.75, 3.05) is 5.73 Å². The molecule has 0 aromatic heterocycles. The van der Waals surface area contributed by atoms with Crippen molar-refractivity contribution < 1.29 is 0 Å². The molecule has 0 radical (unpaired) electrons. The van der Waals surface area contributed by atoms with Crippen molar-refractivity contribution in [3.63, 3.8) is 0 Å². The first-order valence-electron chi connectivity index (χ1n) is 4.23. The third kappa shape index (κ3) is 2.92. The molecule has 1 rings (SSSR count). The van der Waals surface area contributed by atoms with Crippen molar-refractivity contribution in [1.82, 2.24) is 0 Å². The Balaban J connectivity index is 3.01. The first-order chi connectivity index (χ1) is 6.00. The molecule has 0 unspecified atom stereocenters. The fraction of sp³-hybridized carbons (Fsp3) is 0.400. The molecule has 0 spiro atoms. The van der Waals surface area contributed by atoms with Gasteiger partial charge in [0.1, 0.15) is 0 Å². The van der Waals surface area contributed by atoms with E-state index in [2.05, 4.69) is 35.8 Å². The van der Waals surface area contributed by atoms with E-state index in [0.717, 1.165) is 15.7 Å². The van der Waals surface area contributed by atoms with E-state index in [0.29, 0.717) is 5.25 Å². The summed E-state index contributed by atoms with van der Waals surface area (Å²) in [6.07, 6.45) is 0. The van der Waals surface area contributed by atoms with Crippen LogP contribution in [0.4, 0.5) is 5.69 Å². The van der Waals surface area contributed by atoms with E-state index < -0.39 is 0 Å². The summed E-state index contributed by atoms with van der Waals surface area (Å²) in [5.41, 5.74) is 7.77. The standard InChI is InChI=1S/C10H14BrNS/c1-6(2)13-10-4-7(3)9(12)5-8(10)11/h4-6H,12H2,1-3H3. The van der Waals surface area contributed by atoms with Gasteiger partial charge in [0, 0.05) is 20.3 Å². The molecule has 0 aliphatic rings. The van der Waals surface area contributed by atoms with Crippen molar-refractivity contribution in [3.05, 3.63) is 22.2 Å². The molecule has 0 saturated heterocycles. The van der Waals surface area contributed by atoms with Gasteiger partial charge >= 0.3 is 0 Å². The van der Waals surface area contributed by atoms with Crippen molar-refractivity contribution >= 4 is 33.4 Å². The normalized spacial score (nSPS) is 10.8. The summed E-state index contributed by atoms with van der Waals surface area (Å²) in [4.78, 5) is 1.27. The van der Waals surface area contributed by atoms with Crippen LogP contribution in [-0.2, 0) is 0 Å². The summed E-state index contributed by atoms with van der Waals surface area (Å²) >= 11 is 5.35. The fourth-order valence-corrected chi connectivity index (χ4v) is 2.58. The van der Waals surface area contributed by atoms with Gasteiger partial charge in [-0.05, 0) is 40.5 Å². The van der Waals surface area contributed by atoms with E-state index in [1.54, 1.807) is 0 Å². The minimum Gasteiger partial charge on any atom is -0.398 e. The van der Waals surface area contributed by atoms with Crippen LogP contribution < -0.4 is 5.73 Å². The van der Waals surface area contributed by atoms with Crippen LogP contribution >= 0.6 is 27.7 Å². The fourth-order valence-electron chi connectivity index (χ4n) is 1.01. The minimum atomic E-state index is 0.597. The van der Waals surface area contributed by atoms with Crippen LogP contribution in [0.1, 0.15) is 19.4 Å². The van der Waals surface area contributed by atoms with Crippen LogP contribution in [0, 0.1) is 6.92 Å². The molecule has 0 fully saturated rings. The Labute approximate surface area is 92.2 Å². The number of nitrogen functional groups attached to an aromatic ring is 1. The average Bonchev–Trinajstić information content (AvgIpc) is 1.99. The number of hydrogen-bond donors (Lipinski definition) is 1. The van der Waals surface area contributed by atoms with Crippen molar-refractivity contribution in [2.24, 2.45) is 0 Å². The highest BCUT2D eigenvalue weighted by Crippen LogP contribution is 2.33. The average molecular weight is 260 g/mol. The Hall–Kier alpha value is -0.150. The second-order valence-electron chi connectivity index (χ2n) is 3.31. The predicted octanol–water partition coefficient (Wildman–Crippen LogP) is 3.84. The molecule has 0 amide bonds. The van der Waals surface area contributed by atoms with Gasteiger partial charge in [0.05, 0.1) is 0 Å². The SMILES string of the molecule is Cc1cc(SC(C)C)c(Br)cc1N. The van der Waals surface area contributed by atoms with E-state index in [1.165, 1.54) is 4.90 Å². The largest absolute Gasteiger partial charge is 0.398 e. The summed E-state index contributed by atoms with van der Waals surface area (Å²) in [7, 11) is 0. The molecule has 1 aromatic rings. The van der Waals surface area contributed by atoms with E-state index in [1.807, 2.05) is 24.8 Å². The molecular formula is C10H14BrNS. The minimum absolute atomic E-state index is 0.597. The van der Waals surface area contributed by atoms with Crippen LogP contribution in [0.2, 0.25) is 0 Å². The van der Waals surface area contributed by atoms with Gasteiger partial charge in [0.15, 0.2) is 0 Å². The topological polar surface area (TPSA) is 26.0 Å².